The van der Waals surface area contributed by atoms with Crippen molar-refractivity contribution in [3.05, 3.63) is 46.5 Å². The van der Waals surface area contributed by atoms with Crippen molar-refractivity contribution in [2.45, 2.75) is 17.7 Å². The lowest BCUT2D eigenvalue weighted by Gasteiger charge is -2.16. The number of anilines is 1. The number of nitro benzene ring substituents is 1. The van der Waals surface area contributed by atoms with Gasteiger partial charge in [-0.3, -0.25) is 14.9 Å². The number of carbonyl (C=O) groups is 1. The number of hydrogen-bond donors (Lipinski definition) is 1. The van der Waals surface area contributed by atoms with Gasteiger partial charge in [0.15, 0.2) is 12.4 Å². The molecule has 0 unspecified atom stereocenters. The van der Waals surface area contributed by atoms with Crippen molar-refractivity contribution in [2.75, 3.05) is 25.0 Å². The van der Waals surface area contributed by atoms with Gasteiger partial charge in [-0.05, 0) is 37.1 Å². The molecule has 2 aromatic carbocycles. The van der Waals surface area contributed by atoms with Crippen LogP contribution in [0.15, 0.2) is 41.3 Å². The van der Waals surface area contributed by atoms with E-state index in [0.717, 1.165) is 30.6 Å². The van der Waals surface area contributed by atoms with E-state index < -0.39 is 33.1 Å². The van der Waals surface area contributed by atoms with E-state index in [1.165, 1.54) is 16.4 Å². The first-order valence-corrected chi connectivity index (χ1v) is 11.5. The lowest BCUT2D eigenvalue weighted by molar-refractivity contribution is -0.386. The molecular formula is C18H17N5O6S2. The summed E-state index contributed by atoms with van der Waals surface area (Å²) < 4.78 is 40.2. The highest BCUT2D eigenvalue weighted by molar-refractivity contribution is 7.89. The standard InChI is InChI=1S/C18H17N5O6S2/c24-17(19-13-4-3-5-14-18(13)21-30-20-14)11-29-16-7-6-12(10-15(16)23(25)26)31(27,28)22-8-1-2-9-22/h3-7,10H,1-2,8-9,11H2,(H,19,24). The molecule has 162 valence electrons. The summed E-state index contributed by atoms with van der Waals surface area (Å²) in [4.78, 5) is 22.8. The van der Waals surface area contributed by atoms with Crippen LogP contribution in [0.3, 0.4) is 0 Å². The molecule has 2 heterocycles. The van der Waals surface area contributed by atoms with E-state index in [9.17, 15) is 23.3 Å². The van der Waals surface area contributed by atoms with Gasteiger partial charge in [0.2, 0.25) is 10.0 Å². The third-order valence-corrected chi connectivity index (χ3v) is 7.19. The van der Waals surface area contributed by atoms with Crippen molar-refractivity contribution < 1.29 is 22.9 Å². The van der Waals surface area contributed by atoms with Gasteiger partial charge in [-0.15, -0.1) is 0 Å². The number of rotatable bonds is 7. The minimum atomic E-state index is -3.82. The van der Waals surface area contributed by atoms with Crippen LogP contribution in [-0.2, 0) is 14.8 Å². The molecule has 0 radical (unpaired) electrons. The van der Waals surface area contributed by atoms with Crippen LogP contribution in [0.4, 0.5) is 11.4 Å². The first-order valence-electron chi connectivity index (χ1n) is 9.29. The average Bonchev–Trinajstić information content (AvgIpc) is 3.44. The first kappa shape index (κ1) is 21.1. The van der Waals surface area contributed by atoms with Crippen LogP contribution < -0.4 is 10.1 Å². The van der Waals surface area contributed by atoms with Crippen LogP contribution in [0.5, 0.6) is 5.75 Å². The van der Waals surface area contributed by atoms with Crippen LogP contribution in [0.25, 0.3) is 11.0 Å². The fourth-order valence-electron chi connectivity index (χ4n) is 3.24. The molecule has 0 bridgehead atoms. The fourth-order valence-corrected chi connectivity index (χ4v) is 5.32. The molecule has 4 rings (SSSR count). The second-order valence-electron chi connectivity index (χ2n) is 6.77. The minimum Gasteiger partial charge on any atom is -0.477 e. The quantitative estimate of drug-likeness (QED) is 0.415. The zero-order valence-electron chi connectivity index (χ0n) is 16.1. The van der Waals surface area contributed by atoms with E-state index in [4.69, 9.17) is 4.74 Å². The van der Waals surface area contributed by atoms with Gasteiger partial charge >= 0.3 is 5.69 Å². The summed E-state index contributed by atoms with van der Waals surface area (Å²) >= 11 is 1.01. The highest BCUT2D eigenvalue weighted by Crippen LogP contribution is 2.32. The summed E-state index contributed by atoms with van der Waals surface area (Å²) in [5.41, 5.74) is 1.08. The number of nitrogens with zero attached hydrogens (tertiary/aromatic N) is 4. The molecular weight excluding hydrogens is 446 g/mol. The third-order valence-electron chi connectivity index (χ3n) is 4.75. The summed E-state index contributed by atoms with van der Waals surface area (Å²) in [6.45, 7) is 0.263. The van der Waals surface area contributed by atoms with E-state index in [0.29, 0.717) is 29.8 Å². The molecule has 1 saturated heterocycles. The van der Waals surface area contributed by atoms with E-state index >= 15 is 0 Å². The van der Waals surface area contributed by atoms with E-state index in [2.05, 4.69) is 14.1 Å². The summed E-state index contributed by atoms with van der Waals surface area (Å²) in [6.07, 6.45) is 1.50. The Hall–Kier alpha value is -3.16. The average molecular weight is 463 g/mol. The summed E-state index contributed by atoms with van der Waals surface area (Å²) in [7, 11) is -3.82. The number of hydrogen-bond acceptors (Lipinski definition) is 9. The molecule has 1 fully saturated rings. The minimum absolute atomic E-state index is 0.180. The van der Waals surface area contributed by atoms with Gasteiger partial charge in [0.05, 0.1) is 27.2 Å². The lowest BCUT2D eigenvalue weighted by Crippen LogP contribution is -2.28. The maximum atomic E-state index is 12.7. The Balaban J connectivity index is 1.49. The van der Waals surface area contributed by atoms with Gasteiger partial charge in [0.25, 0.3) is 5.91 Å². The number of aromatic nitrogens is 2. The van der Waals surface area contributed by atoms with Crippen molar-refractivity contribution in [1.29, 1.82) is 0 Å². The van der Waals surface area contributed by atoms with Crippen LogP contribution in [-0.4, -0.2) is 52.0 Å². The first-order chi connectivity index (χ1) is 14.9. The van der Waals surface area contributed by atoms with Crippen molar-refractivity contribution in [1.82, 2.24) is 13.1 Å². The van der Waals surface area contributed by atoms with Crippen molar-refractivity contribution in [3.8, 4) is 5.75 Å². The van der Waals surface area contributed by atoms with Crippen molar-refractivity contribution in [3.63, 3.8) is 0 Å². The summed E-state index contributed by atoms with van der Waals surface area (Å²) in [5.74, 6) is -0.752. The Morgan fingerprint density at radius 2 is 2.00 bits per heavy atom. The Kier molecular flexibility index (Phi) is 5.80. The molecule has 1 aliphatic rings. The number of nitrogens with one attached hydrogen (secondary N) is 1. The predicted octanol–water partition coefficient (Wildman–Crippen LogP) is 2.40. The summed E-state index contributed by atoms with van der Waals surface area (Å²) in [5, 5.41) is 14.1. The molecule has 0 atom stereocenters. The number of benzene rings is 2. The van der Waals surface area contributed by atoms with Gasteiger partial charge in [-0.25, -0.2) is 8.42 Å². The van der Waals surface area contributed by atoms with Gasteiger partial charge in [0.1, 0.15) is 11.0 Å². The zero-order valence-corrected chi connectivity index (χ0v) is 17.7. The number of sulfonamides is 1. The normalized spacial score (nSPS) is 14.6. The van der Waals surface area contributed by atoms with Crippen LogP contribution >= 0.6 is 11.7 Å². The van der Waals surface area contributed by atoms with Crippen molar-refractivity contribution >= 4 is 50.1 Å². The highest BCUT2D eigenvalue weighted by Gasteiger charge is 2.30. The maximum absolute atomic E-state index is 12.7. The van der Waals surface area contributed by atoms with Crippen LogP contribution in [0.2, 0.25) is 0 Å². The number of fused-ring (bicyclic) bond motifs is 1. The molecule has 0 aliphatic carbocycles. The Bertz CT molecular complexity index is 1250. The van der Waals surface area contributed by atoms with Gasteiger partial charge in [-0.1, -0.05) is 6.07 Å². The molecule has 13 heteroatoms. The van der Waals surface area contributed by atoms with Gasteiger partial charge in [0, 0.05) is 19.2 Å². The van der Waals surface area contributed by atoms with Crippen LogP contribution in [0, 0.1) is 10.1 Å². The highest BCUT2D eigenvalue weighted by atomic mass is 32.2. The van der Waals surface area contributed by atoms with E-state index in [-0.39, 0.29) is 10.6 Å². The maximum Gasteiger partial charge on any atom is 0.312 e. The third kappa shape index (κ3) is 4.33. The number of ether oxygens (including phenoxy) is 1. The van der Waals surface area contributed by atoms with E-state index in [1.807, 2.05) is 0 Å². The Labute approximate surface area is 181 Å². The molecule has 11 nitrogen and oxygen atoms in total. The monoisotopic (exact) mass is 463 g/mol. The van der Waals surface area contributed by atoms with Crippen LogP contribution in [0.1, 0.15) is 12.8 Å². The second kappa shape index (κ2) is 8.53. The molecule has 31 heavy (non-hydrogen) atoms. The fraction of sp³-hybridized carbons (Fsp3) is 0.278. The SMILES string of the molecule is O=C(COc1ccc(S(=O)(=O)N2CCCC2)cc1[N+](=O)[O-])Nc1cccc2nsnc12. The molecule has 1 amide bonds. The Morgan fingerprint density at radius 1 is 1.23 bits per heavy atom. The number of nitro groups is 1. The summed E-state index contributed by atoms with van der Waals surface area (Å²) in [6, 6.07) is 8.52. The zero-order chi connectivity index (χ0) is 22.0. The number of amides is 1. The molecule has 1 aliphatic heterocycles. The Morgan fingerprint density at radius 3 is 2.74 bits per heavy atom. The topological polar surface area (TPSA) is 145 Å². The second-order valence-corrected chi connectivity index (χ2v) is 9.24. The number of carbonyl (C=O) groups excluding carboxylic acids is 1. The van der Waals surface area contributed by atoms with Gasteiger partial charge in [-0.2, -0.15) is 13.1 Å². The lowest BCUT2D eigenvalue weighted by atomic mass is 10.2. The van der Waals surface area contributed by atoms with E-state index in [1.54, 1.807) is 18.2 Å². The molecule has 3 aromatic rings. The van der Waals surface area contributed by atoms with Gasteiger partial charge < -0.3 is 10.1 Å². The predicted molar refractivity (Wildman–Crippen MR) is 113 cm³/mol. The molecule has 1 aromatic heterocycles. The largest absolute Gasteiger partial charge is 0.477 e. The van der Waals surface area contributed by atoms with Crippen molar-refractivity contribution in [2.24, 2.45) is 0 Å². The molecule has 1 N–H and O–H groups in total. The smallest absolute Gasteiger partial charge is 0.312 e. The molecule has 0 saturated carbocycles. The molecule has 0 spiro atoms.